The first-order valence-corrected chi connectivity index (χ1v) is 25.9. The van der Waals surface area contributed by atoms with Gasteiger partial charge in [0.05, 0.1) is 27.7 Å². The predicted molar refractivity (Wildman–Crippen MR) is 241 cm³/mol. The summed E-state index contributed by atoms with van der Waals surface area (Å²) in [5.74, 6) is -0.823. The third-order valence-electron chi connectivity index (χ3n) is 10.8. The van der Waals surface area contributed by atoms with E-state index in [1.54, 1.807) is 0 Å². The van der Waals surface area contributed by atoms with Gasteiger partial charge in [-0.05, 0) is 38.5 Å². The molecule has 0 fully saturated rings. The quantitative estimate of drug-likeness (QED) is 0.0196. The number of allylic oxidation sites excluding steroid dienone is 2. The fourth-order valence-electron chi connectivity index (χ4n) is 6.95. The summed E-state index contributed by atoms with van der Waals surface area (Å²) in [6.45, 7) is 4.26. The lowest BCUT2D eigenvalue weighted by Crippen LogP contribution is -2.37. The van der Waals surface area contributed by atoms with Crippen LogP contribution in [0.4, 0.5) is 0 Å². The van der Waals surface area contributed by atoms with Gasteiger partial charge in [0, 0.05) is 12.8 Å². The second kappa shape index (κ2) is 41.1. The molecule has 2 atom stereocenters. The molecule has 0 spiro atoms. The van der Waals surface area contributed by atoms with Crippen molar-refractivity contribution < 1.29 is 42.1 Å². The van der Waals surface area contributed by atoms with E-state index in [-0.39, 0.29) is 32.0 Å². The molecule has 0 aromatic carbocycles. The van der Waals surface area contributed by atoms with Gasteiger partial charge < -0.3 is 27.9 Å². The van der Waals surface area contributed by atoms with Gasteiger partial charge in [-0.2, -0.15) is 0 Å². The molecule has 1 unspecified atom stereocenters. The van der Waals surface area contributed by atoms with Crippen LogP contribution in [0, 0.1) is 0 Å². The SMILES string of the molecule is CCCCCC/C=C\CCCCCCCCCCCC(=O)O[C@H](COC(=O)CCCCCCCCCCCCCCCCCCC)COP(=O)([O-])OCC[N+](C)(C)C. The first kappa shape index (κ1) is 56.8. The van der Waals surface area contributed by atoms with Crippen molar-refractivity contribution in [1.29, 1.82) is 0 Å². The highest BCUT2D eigenvalue weighted by atomic mass is 31.2. The van der Waals surface area contributed by atoms with E-state index in [9.17, 15) is 19.0 Å². The minimum Gasteiger partial charge on any atom is -0.756 e. The standard InChI is InChI=1S/C48H94NO8P/c1-6-8-10-12-14-16-18-20-22-24-26-28-30-32-34-36-38-40-47(50)54-44-46(45-56-58(52,53)55-43-42-49(3,4)5)57-48(51)41-39-37-35-33-31-29-27-25-23-21-19-17-15-13-11-9-7-2/h17,19,46H,6-16,18,20-45H2,1-5H3/b19-17-/t46-/m1/s1. The van der Waals surface area contributed by atoms with Crippen molar-refractivity contribution in [2.45, 2.75) is 238 Å². The Morgan fingerprint density at radius 1 is 0.517 bits per heavy atom. The van der Waals surface area contributed by atoms with E-state index in [2.05, 4.69) is 26.0 Å². The Hall–Kier alpha value is -1.25. The van der Waals surface area contributed by atoms with Crippen molar-refractivity contribution in [2.24, 2.45) is 0 Å². The Balaban J connectivity index is 4.26. The molecule has 0 radical (unpaired) electrons. The molecule has 9 nitrogen and oxygen atoms in total. The van der Waals surface area contributed by atoms with Crippen LogP contribution in [0.3, 0.4) is 0 Å². The smallest absolute Gasteiger partial charge is 0.306 e. The van der Waals surface area contributed by atoms with Crippen LogP contribution < -0.4 is 4.89 Å². The number of phosphoric ester groups is 1. The van der Waals surface area contributed by atoms with E-state index in [4.69, 9.17) is 18.5 Å². The zero-order valence-electron chi connectivity index (χ0n) is 38.8. The number of esters is 2. The van der Waals surface area contributed by atoms with Crippen LogP contribution >= 0.6 is 7.82 Å². The van der Waals surface area contributed by atoms with Crippen molar-refractivity contribution >= 4 is 19.8 Å². The van der Waals surface area contributed by atoms with Crippen LogP contribution in [-0.4, -0.2) is 70.0 Å². The lowest BCUT2D eigenvalue weighted by Gasteiger charge is -2.28. The molecule has 10 heteroatoms. The summed E-state index contributed by atoms with van der Waals surface area (Å²) in [7, 11) is 1.18. The van der Waals surface area contributed by atoms with Crippen LogP contribution in [-0.2, 0) is 32.7 Å². The molecule has 58 heavy (non-hydrogen) atoms. The van der Waals surface area contributed by atoms with E-state index in [1.807, 2.05) is 21.1 Å². The van der Waals surface area contributed by atoms with Gasteiger partial charge in [-0.1, -0.05) is 193 Å². The summed E-state index contributed by atoms with van der Waals surface area (Å²) in [4.78, 5) is 37.6. The van der Waals surface area contributed by atoms with Gasteiger partial charge in [0.2, 0.25) is 0 Å². The predicted octanol–water partition coefficient (Wildman–Crippen LogP) is 13.5. The summed E-state index contributed by atoms with van der Waals surface area (Å²) >= 11 is 0. The lowest BCUT2D eigenvalue weighted by molar-refractivity contribution is -0.870. The molecular weight excluding hydrogens is 750 g/mol. The van der Waals surface area contributed by atoms with Crippen molar-refractivity contribution in [3.63, 3.8) is 0 Å². The number of phosphoric acid groups is 1. The number of carbonyl (C=O) groups excluding carboxylic acids is 2. The van der Waals surface area contributed by atoms with E-state index < -0.39 is 26.5 Å². The Morgan fingerprint density at radius 3 is 1.29 bits per heavy atom. The maximum absolute atomic E-state index is 12.7. The largest absolute Gasteiger partial charge is 0.756 e. The van der Waals surface area contributed by atoms with Gasteiger partial charge in [0.15, 0.2) is 6.10 Å². The zero-order chi connectivity index (χ0) is 42.8. The average Bonchev–Trinajstić information content (AvgIpc) is 3.17. The topological polar surface area (TPSA) is 111 Å². The highest BCUT2D eigenvalue weighted by Gasteiger charge is 2.21. The Kier molecular flexibility index (Phi) is 40.2. The maximum atomic E-state index is 12.7. The number of hydrogen-bond donors (Lipinski definition) is 0. The number of ether oxygens (including phenoxy) is 2. The Morgan fingerprint density at radius 2 is 0.879 bits per heavy atom. The molecule has 0 bridgehead atoms. The van der Waals surface area contributed by atoms with Crippen LogP contribution in [0.5, 0.6) is 0 Å². The van der Waals surface area contributed by atoms with Crippen molar-refractivity contribution in [3.05, 3.63) is 12.2 Å². The molecular formula is C48H94NO8P. The summed E-state index contributed by atoms with van der Waals surface area (Å²) in [5.41, 5.74) is 0. The summed E-state index contributed by atoms with van der Waals surface area (Å²) in [6, 6.07) is 0. The number of nitrogens with zero attached hydrogens (tertiary/aromatic N) is 1. The zero-order valence-corrected chi connectivity index (χ0v) is 39.7. The molecule has 344 valence electrons. The Labute approximate surface area is 358 Å². The number of hydrogen-bond acceptors (Lipinski definition) is 8. The molecule has 0 N–H and O–H groups in total. The summed E-state index contributed by atoms with van der Waals surface area (Å²) in [5, 5.41) is 0. The van der Waals surface area contributed by atoms with Gasteiger partial charge in [0.1, 0.15) is 19.8 Å². The minimum absolute atomic E-state index is 0.0278. The van der Waals surface area contributed by atoms with Crippen molar-refractivity contribution in [3.8, 4) is 0 Å². The van der Waals surface area contributed by atoms with E-state index in [0.29, 0.717) is 17.4 Å². The van der Waals surface area contributed by atoms with Crippen molar-refractivity contribution in [1.82, 2.24) is 0 Å². The third kappa shape index (κ3) is 44.3. The number of quaternary nitrogens is 1. The van der Waals surface area contributed by atoms with Crippen molar-refractivity contribution in [2.75, 3.05) is 47.5 Å². The molecule has 0 saturated carbocycles. The van der Waals surface area contributed by atoms with Crippen LogP contribution in [0.15, 0.2) is 12.2 Å². The molecule has 0 aliphatic rings. The van der Waals surface area contributed by atoms with Gasteiger partial charge in [0.25, 0.3) is 7.82 Å². The summed E-state index contributed by atoms with van der Waals surface area (Å²) < 4.78 is 34.0. The summed E-state index contributed by atoms with van der Waals surface area (Å²) in [6.07, 6.45) is 43.7. The molecule has 0 aromatic rings. The van der Waals surface area contributed by atoms with E-state index in [1.165, 1.54) is 161 Å². The molecule has 0 aromatic heterocycles. The van der Waals surface area contributed by atoms with Gasteiger partial charge in [-0.3, -0.25) is 14.2 Å². The highest BCUT2D eigenvalue weighted by molar-refractivity contribution is 7.45. The molecule has 0 saturated heterocycles. The second-order valence-corrected chi connectivity index (χ2v) is 19.2. The lowest BCUT2D eigenvalue weighted by atomic mass is 10.0. The fourth-order valence-corrected chi connectivity index (χ4v) is 7.67. The van der Waals surface area contributed by atoms with E-state index in [0.717, 1.165) is 38.5 Å². The number of rotatable bonds is 45. The van der Waals surface area contributed by atoms with Crippen LogP contribution in [0.1, 0.15) is 232 Å². The molecule has 0 aliphatic carbocycles. The molecule has 0 aliphatic heterocycles. The van der Waals surface area contributed by atoms with Crippen LogP contribution in [0.2, 0.25) is 0 Å². The molecule has 0 rings (SSSR count). The molecule has 0 amide bonds. The highest BCUT2D eigenvalue weighted by Crippen LogP contribution is 2.38. The number of carbonyl (C=O) groups is 2. The normalized spacial score (nSPS) is 13.6. The van der Waals surface area contributed by atoms with Crippen LogP contribution in [0.25, 0.3) is 0 Å². The number of unbranched alkanes of at least 4 members (excludes halogenated alkanes) is 29. The minimum atomic E-state index is -4.62. The Bertz CT molecular complexity index is 1000. The second-order valence-electron chi connectivity index (χ2n) is 17.8. The number of likely N-dealkylation sites (N-methyl/N-ethyl adjacent to an activating group) is 1. The monoisotopic (exact) mass is 844 g/mol. The first-order chi connectivity index (χ1) is 28.0. The fraction of sp³-hybridized carbons (Fsp3) is 0.917. The van der Waals surface area contributed by atoms with Gasteiger partial charge in [-0.25, -0.2) is 0 Å². The van der Waals surface area contributed by atoms with Gasteiger partial charge in [-0.15, -0.1) is 0 Å². The third-order valence-corrected chi connectivity index (χ3v) is 11.7. The van der Waals surface area contributed by atoms with Gasteiger partial charge >= 0.3 is 11.9 Å². The maximum Gasteiger partial charge on any atom is 0.306 e. The molecule has 0 heterocycles. The first-order valence-electron chi connectivity index (χ1n) is 24.4. The average molecular weight is 844 g/mol. The van der Waals surface area contributed by atoms with E-state index >= 15 is 0 Å².